The molecule has 7 heteroatoms. The summed E-state index contributed by atoms with van der Waals surface area (Å²) in [5, 5.41) is 0.274. The number of Topliss-reactive ketones (excluding diaryl/α,β-unsaturated/α-hetero) is 2. The monoisotopic (exact) mass is 551 g/mol. The van der Waals surface area contributed by atoms with Crippen molar-refractivity contribution in [2.24, 2.45) is 10.8 Å². The number of halogens is 2. The van der Waals surface area contributed by atoms with E-state index in [1.165, 1.54) is 13.2 Å². The summed E-state index contributed by atoms with van der Waals surface area (Å²) in [5.74, 6) is -0.147. The van der Waals surface area contributed by atoms with E-state index in [0.29, 0.717) is 40.9 Å². The number of benzene rings is 2. The average Bonchev–Trinajstić information content (AvgIpc) is 2.84. The first-order valence-electron chi connectivity index (χ1n) is 13.3. The fraction of sp³-hybridized carbons (Fsp3) is 0.438. The summed E-state index contributed by atoms with van der Waals surface area (Å²) >= 11 is 6.77. The fourth-order valence-electron chi connectivity index (χ4n) is 6.31. The van der Waals surface area contributed by atoms with Gasteiger partial charge in [0.1, 0.15) is 12.4 Å². The van der Waals surface area contributed by atoms with Crippen molar-refractivity contribution in [2.45, 2.75) is 65.9 Å². The first kappa shape index (κ1) is 27.4. The molecule has 0 N–H and O–H groups in total. The molecule has 0 fully saturated rings. The minimum atomic E-state index is -0.537. The van der Waals surface area contributed by atoms with E-state index in [0.717, 1.165) is 24.2 Å². The summed E-state index contributed by atoms with van der Waals surface area (Å²) in [4.78, 5) is 29.6. The maximum atomic E-state index is 14.2. The van der Waals surface area contributed by atoms with Crippen LogP contribution < -0.4 is 9.47 Å². The van der Waals surface area contributed by atoms with Gasteiger partial charge in [-0.3, -0.25) is 9.59 Å². The Bertz CT molecular complexity index is 1380. The number of ketones is 2. The third-order valence-electron chi connectivity index (χ3n) is 8.09. The number of rotatable bonds is 5. The molecule has 1 aliphatic heterocycles. The predicted octanol–water partition coefficient (Wildman–Crippen LogP) is 7.38. The van der Waals surface area contributed by atoms with Gasteiger partial charge in [-0.05, 0) is 47.4 Å². The van der Waals surface area contributed by atoms with Crippen LogP contribution in [0.5, 0.6) is 11.5 Å². The molecule has 2 aromatic rings. The smallest absolute Gasteiger partial charge is 0.180 e. The summed E-state index contributed by atoms with van der Waals surface area (Å²) in [6.07, 6.45) is 2.29. The molecule has 0 bridgehead atoms. The lowest BCUT2D eigenvalue weighted by atomic mass is 9.63. The highest BCUT2D eigenvalue weighted by Gasteiger charge is 2.48. The summed E-state index contributed by atoms with van der Waals surface area (Å²) in [5.41, 5.74) is 4.03. The van der Waals surface area contributed by atoms with E-state index in [1.54, 1.807) is 30.3 Å². The Balaban J connectivity index is 1.63. The number of allylic oxidation sites excluding steroid dienone is 4. The lowest BCUT2D eigenvalue weighted by Crippen LogP contribution is -2.43. The van der Waals surface area contributed by atoms with Gasteiger partial charge >= 0.3 is 0 Å². The Labute approximate surface area is 234 Å². The Morgan fingerprint density at radius 1 is 0.949 bits per heavy atom. The van der Waals surface area contributed by atoms with Crippen LogP contribution in [0.3, 0.4) is 0 Å². The minimum Gasteiger partial charge on any atom is -0.493 e. The Hall–Kier alpha value is -3.12. The lowest BCUT2D eigenvalue weighted by Gasteiger charge is -2.48. The van der Waals surface area contributed by atoms with Gasteiger partial charge in [-0.2, -0.15) is 0 Å². The molecule has 5 nitrogen and oxygen atoms in total. The fourth-order valence-corrected chi connectivity index (χ4v) is 6.58. The molecular weight excluding hydrogens is 517 g/mol. The van der Waals surface area contributed by atoms with E-state index in [4.69, 9.17) is 21.1 Å². The number of methoxy groups -OCH3 is 1. The van der Waals surface area contributed by atoms with Crippen LogP contribution in [0.1, 0.15) is 70.4 Å². The van der Waals surface area contributed by atoms with Crippen molar-refractivity contribution in [3.05, 3.63) is 80.9 Å². The maximum absolute atomic E-state index is 14.2. The van der Waals surface area contributed by atoms with Gasteiger partial charge in [0.25, 0.3) is 0 Å². The van der Waals surface area contributed by atoms with Crippen LogP contribution in [0.2, 0.25) is 5.02 Å². The zero-order chi connectivity index (χ0) is 28.3. The highest BCUT2D eigenvalue weighted by atomic mass is 35.5. The molecule has 1 heterocycles. The van der Waals surface area contributed by atoms with Crippen LogP contribution in [0.25, 0.3) is 0 Å². The number of carbonyl (C=O) groups excluding carboxylic acids is 2. The first-order chi connectivity index (χ1) is 18.3. The highest BCUT2D eigenvalue weighted by molar-refractivity contribution is 6.32. The average molecular weight is 552 g/mol. The van der Waals surface area contributed by atoms with Gasteiger partial charge in [0.2, 0.25) is 0 Å². The van der Waals surface area contributed by atoms with Crippen molar-refractivity contribution >= 4 is 23.2 Å². The molecule has 0 saturated carbocycles. The van der Waals surface area contributed by atoms with E-state index < -0.39 is 5.92 Å². The van der Waals surface area contributed by atoms with Gasteiger partial charge in [-0.15, -0.1) is 0 Å². The molecule has 0 amide bonds. The van der Waals surface area contributed by atoms with Gasteiger partial charge < -0.3 is 14.4 Å². The Kier molecular flexibility index (Phi) is 6.91. The lowest BCUT2D eigenvalue weighted by molar-refractivity contribution is -0.119. The maximum Gasteiger partial charge on any atom is 0.180 e. The first-order valence-corrected chi connectivity index (χ1v) is 13.7. The van der Waals surface area contributed by atoms with Gasteiger partial charge in [0, 0.05) is 53.9 Å². The summed E-state index contributed by atoms with van der Waals surface area (Å²) < 4.78 is 25.8. The van der Waals surface area contributed by atoms with Crippen LogP contribution in [-0.2, 0) is 16.2 Å². The van der Waals surface area contributed by atoms with Crippen molar-refractivity contribution in [2.75, 3.05) is 14.2 Å². The van der Waals surface area contributed by atoms with Crippen LogP contribution in [0, 0.1) is 16.6 Å². The molecule has 0 radical (unpaired) electrons. The molecule has 0 aromatic heterocycles. The number of nitrogens with zero attached hydrogens (tertiary/aromatic N) is 1. The molecule has 0 atom stereocenters. The third-order valence-corrected chi connectivity index (χ3v) is 8.38. The van der Waals surface area contributed by atoms with Gasteiger partial charge in [0.15, 0.2) is 23.1 Å². The van der Waals surface area contributed by atoms with Gasteiger partial charge in [-0.25, -0.2) is 4.39 Å². The van der Waals surface area contributed by atoms with E-state index in [9.17, 15) is 14.0 Å². The summed E-state index contributed by atoms with van der Waals surface area (Å²) in [7, 11) is 3.50. The van der Waals surface area contributed by atoms with Crippen LogP contribution in [-0.4, -0.2) is 30.6 Å². The van der Waals surface area contributed by atoms with Gasteiger partial charge in [-0.1, -0.05) is 57.5 Å². The molecule has 39 heavy (non-hydrogen) atoms. The third kappa shape index (κ3) is 5.00. The summed E-state index contributed by atoms with van der Waals surface area (Å²) in [6.45, 7) is 8.41. The molecule has 5 rings (SSSR count). The second-order valence-corrected chi connectivity index (χ2v) is 12.9. The molecule has 0 spiro atoms. The topological polar surface area (TPSA) is 55.8 Å². The summed E-state index contributed by atoms with van der Waals surface area (Å²) in [6, 6.07) is 9.94. The zero-order valence-corrected chi connectivity index (χ0v) is 24.2. The second-order valence-electron chi connectivity index (χ2n) is 12.5. The second kappa shape index (κ2) is 9.81. The largest absolute Gasteiger partial charge is 0.493 e. The van der Waals surface area contributed by atoms with Crippen molar-refractivity contribution in [3.8, 4) is 11.5 Å². The molecule has 2 aliphatic carbocycles. The van der Waals surface area contributed by atoms with Crippen molar-refractivity contribution < 1.29 is 23.5 Å². The van der Waals surface area contributed by atoms with Crippen LogP contribution in [0.4, 0.5) is 4.39 Å². The standard InChI is InChI=1S/C32H35ClFNO4/c1-31(2)13-22-28(24(36)15-31)27(29-23(35(22)5)14-32(3,4)16-25(29)37)19-11-20(33)30(26(12-19)38-6)39-17-18-9-7-8-10-21(18)34/h7-12,27H,13-17H2,1-6H3. The quantitative estimate of drug-likeness (QED) is 0.388. The molecule has 206 valence electrons. The Morgan fingerprint density at radius 2 is 1.51 bits per heavy atom. The molecule has 0 saturated heterocycles. The number of hydrogen-bond donors (Lipinski definition) is 0. The molecule has 2 aromatic carbocycles. The molecule has 3 aliphatic rings. The van der Waals surface area contributed by atoms with E-state index in [-0.39, 0.29) is 45.6 Å². The van der Waals surface area contributed by atoms with E-state index >= 15 is 0 Å². The minimum absolute atomic E-state index is 0.0257. The van der Waals surface area contributed by atoms with Gasteiger partial charge in [0.05, 0.1) is 12.1 Å². The van der Waals surface area contributed by atoms with Crippen molar-refractivity contribution in [3.63, 3.8) is 0 Å². The van der Waals surface area contributed by atoms with Crippen molar-refractivity contribution in [1.29, 1.82) is 0 Å². The van der Waals surface area contributed by atoms with E-state index in [2.05, 4.69) is 32.6 Å². The molecular formula is C32H35ClFNO4. The zero-order valence-electron chi connectivity index (χ0n) is 23.4. The predicted molar refractivity (Wildman–Crippen MR) is 149 cm³/mol. The molecule has 0 unspecified atom stereocenters. The highest BCUT2D eigenvalue weighted by Crippen LogP contribution is 2.55. The van der Waals surface area contributed by atoms with Crippen LogP contribution in [0.15, 0.2) is 58.9 Å². The Morgan fingerprint density at radius 3 is 2.05 bits per heavy atom. The SMILES string of the molecule is COc1cc(C2C3=C(CC(C)(C)CC3=O)N(C)C3=C2C(=O)CC(C)(C)C3)cc(Cl)c1OCc1ccccc1F. The number of hydrogen-bond acceptors (Lipinski definition) is 5. The number of carbonyl (C=O) groups is 2. The van der Waals surface area contributed by atoms with E-state index in [1.807, 2.05) is 7.05 Å². The van der Waals surface area contributed by atoms with Crippen LogP contribution >= 0.6 is 11.6 Å². The van der Waals surface area contributed by atoms with Crippen molar-refractivity contribution in [1.82, 2.24) is 4.90 Å². The normalized spacial score (nSPS) is 20.7. The number of ether oxygens (including phenoxy) is 2.